The summed E-state index contributed by atoms with van der Waals surface area (Å²) in [5.74, 6) is -8.89. The zero-order chi connectivity index (χ0) is 21.4. The average molecular weight is 412 g/mol. The fraction of sp³-hybridized carbons (Fsp3) is 0.238. The predicted molar refractivity (Wildman–Crippen MR) is 99.4 cm³/mol. The highest BCUT2D eigenvalue weighted by molar-refractivity contribution is 5.43. The van der Waals surface area contributed by atoms with Crippen LogP contribution in [-0.2, 0) is 4.74 Å². The highest BCUT2D eigenvalue weighted by atomic mass is 19.2. The lowest BCUT2D eigenvalue weighted by Crippen LogP contribution is -2.06. The Morgan fingerprint density at radius 1 is 0.931 bits per heavy atom. The summed E-state index contributed by atoms with van der Waals surface area (Å²) in [6.45, 7) is 1.97. The summed E-state index contributed by atoms with van der Waals surface area (Å²) in [5, 5.41) is 0. The predicted octanol–water partition coefficient (Wildman–Crippen LogP) is 5.92. The topological polar surface area (TPSA) is 36.9 Å². The SMILES string of the molecule is CC/C(=C\C=C/COC)Oc1c(F)c(F)c(Oc2cccc(OC)c2)c(F)c1F. The third-order valence-electron chi connectivity index (χ3n) is 3.71. The molecule has 0 bridgehead atoms. The van der Waals surface area contributed by atoms with Crippen molar-refractivity contribution in [3.63, 3.8) is 0 Å². The first kappa shape index (κ1) is 22.3. The molecule has 0 radical (unpaired) electrons. The lowest BCUT2D eigenvalue weighted by atomic mass is 10.2. The molecule has 156 valence electrons. The Kier molecular flexibility index (Phi) is 8.09. The zero-order valence-corrected chi connectivity index (χ0v) is 16.1. The number of ether oxygens (including phenoxy) is 4. The fourth-order valence-corrected chi connectivity index (χ4v) is 2.24. The summed E-state index contributed by atoms with van der Waals surface area (Å²) < 4.78 is 77.5. The summed E-state index contributed by atoms with van der Waals surface area (Å²) in [6, 6.07) is 5.72. The Morgan fingerprint density at radius 3 is 2.14 bits per heavy atom. The second kappa shape index (κ2) is 10.5. The van der Waals surface area contributed by atoms with Gasteiger partial charge in [-0.15, -0.1) is 0 Å². The third kappa shape index (κ3) is 5.51. The van der Waals surface area contributed by atoms with E-state index in [0.717, 1.165) is 0 Å². The van der Waals surface area contributed by atoms with Gasteiger partial charge in [0.05, 0.1) is 13.7 Å². The molecule has 0 aliphatic rings. The van der Waals surface area contributed by atoms with Gasteiger partial charge >= 0.3 is 0 Å². The van der Waals surface area contributed by atoms with E-state index in [1.165, 1.54) is 44.6 Å². The van der Waals surface area contributed by atoms with E-state index in [4.69, 9.17) is 18.9 Å². The van der Waals surface area contributed by atoms with Crippen LogP contribution in [0.5, 0.6) is 23.0 Å². The summed E-state index contributed by atoms with van der Waals surface area (Å²) in [4.78, 5) is 0. The van der Waals surface area contributed by atoms with E-state index in [0.29, 0.717) is 12.4 Å². The van der Waals surface area contributed by atoms with Crippen molar-refractivity contribution in [3.8, 4) is 23.0 Å². The molecular formula is C21H20F4O4. The minimum absolute atomic E-state index is 0.0629. The van der Waals surface area contributed by atoms with Gasteiger partial charge in [-0.25, -0.2) is 0 Å². The van der Waals surface area contributed by atoms with Gasteiger partial charge in [-0.2, -0.15) is 17.6 Å². The van der Waals surface area contributed by atoms with Crippen LogP contribution in [0.1, 0.15) is 13.3 Å². The van der Waals surface area contributed by atoms with Gasteiger partial charge in [0.2, 0.25) is 34.8 Å². The molecule has 0 saturated carbocycles. The van der Waals surface area contributed by atoms with Crippen LogP contribution in [0.4, 0.5) is 17.6 Å². The van der Waals surface area contributed by atoms with Crippen LogP contribution in [0.2, 0.25) is 0 Å². The molecule has 2 aromatic carbocycles. The fourth-order valence-electron chi connectivity index (χ4n) is 2.24. The maximum atomic E-state index is 14.4. The maximum Gasteiger partial charge on any atom is 0.208 e. The van der Waals surface area contributed by atoms with Gasteiger partial charge in [0.25, 0.3) is 0 Å². The van der Waals surface area contributed by atoms with Crippen LogP contribution in [-0.4, -0.2) is 20.8 Å². The van der Waals surface area contributed by atoms with Gasteiger partial charge in [0.15, 0.2) is 0 Å². The Labute approximate surface area is 166 Å². The highest BCUT2D eigenvalue weighted by Gasteiger charge is 2.29. The summed E-state index contributed by atoms with van der Waals surface area (Å²) >= 11 is 0. The van der Waals surface area contributed by atoms with Crippen LogP contribution in [0.3, 0.4) is 0 Å². The van der Waals surface area contributed by atoms with Crippen LogP contribution in [0, 0.1) is 23.3 Å². The Morgan fingerprint density at radius 2 is 1.55 bits per heavy atom. The second-order valence-corrected chi connectivity index (χ2v) is 5.67. The van der Waals surface area contributed by atoms with Gasteiger partial charge in [-0.05, 0) is 18.2 Å². The van der Waals surface area contributed by atoms with Crippen molar-refractivity contribution in [2.75, 3.05) is 20.8 Å². The molecule has 0 amide bonds. The molecule has 29 heavy (non-hydrogen) atoms. The molecule has 0 spiro atoms. The van der Waals surface area contributed by atoms with E-state index < -0.39 is 34.8 Å². The molecule has 4 nitrogen and oxygen atoms in total. The molecule has 2 aromatic rings. The van der Waals surface area contributed by atoms with Gasteiger partial charge < -0.3 is 18.9 Å². The van der Waals surface area contributed by atoms with Crippen molar-refractivity contribution in [1.29, 1.82) is 0 Å². The highest BCUT2D eigenvalue weighted by Crippen LogP contribution is 2.38. The summed E-state index contributed by atoms with van der Waals surface area (Å²) in [7, 11) is 2.88. The van der Waals surface area contributed by atoms with Gasteiger partial charge in [0.1, 0.15) is 17.3 Å². The lowest BCUT2D eigenvalue weighted by Gasteiger charge is -2.14. The normalized spacial score (nSPS) is 11.8. The minimum atomic E-state index is -1.72. The molecule has 0 atom stereocenters. The van der Waals surface area contributed by atoms with Gasteiger partial charge in [-0.1, -0.05) is 25.1 Å². The van der Waals surface area contributed by atoms with Crippen molar-refractivity contribution in [2.24, 2.45) is 0 Å². The lowest BCUT2D eigenvalue weighted by molar-refractivity contribution is 0.234. The Balaban J connectivity index is 2.37. The first-order valence-corrected chi connectivity index (χ1v) is 8.63. The number of allylic oxidation sites excluding steroid dienone is 3. The van der Waals surface area contributed by atoms with Crippen LogP contribution >= 0.6 is 0 Å². The Bertz CT molecular complexity index is 881. The van der Waals surface area contributed by atoms with E-state index in [-0.39, 0.29) is 17.9 Å². The van der Waals surface area contributed by atoms with Gasteiger partial charge in [0, 0.05) is 19.6 Å². The van der Waals surface area contributed by atoms with E-state index in [9.17, 15) is 17.6 Å². The molecule has 0 N–H and O–H groups in total. The number of methoxy groups -OCH3 is 2. The number of halogens is 4. The molecule has 0 aliphatic heterocycles. The monoisotopic (exact) mass is 412 g/mol. The Hall–Kier alpha value is -3.00. The minimum Gasteiger partial charge on any atom is -0.497 e. The van der Waals surface area contributed by atoms with Crippen molar-refractivity contribution in [3.05, 3.63) is 71.5 Å². The first-order chi connectivity index (χ1) is 13.9. The number of benzene rings is 2. The molecule has 8 heteroatoms. The molecule has 0 saturated heterocycles. The smallest absolute Gasteiger partial charge is 0.208 e. The summed E-state index contributed by atoms with van der Waals surface area (Å²) in [6.07, 6.45) is 4.79. The van der Waals surface area contributed by atoms with Crippen LogP contribution in [0.25, 0.3) is 0 Å². The molecule has 0 unspecified atom stereocenters. The zero-order valence-electron chi connectivity index (χ0n) is 16.1. The molecule has 0 heterocycles. The standard InChI is InChI=1S/C21H20F4O4/c1-4-13(8-5-6-11-26-2)28-20-16(22)18(24)21(19(25)17(20)23)29-15-10-7-9-14(12-15)27-3/h5-10,12H,4,11H2,1-3H3/b6-5-,13-8+. The van der Waals surface area contributed by atoms with Crippen molar-refractivity contribution >= 4 is 0 Å². The second-order valence-electron chi connectivity index (χ2n) is 5.67. The largest absolute Gasteiger partial charge is 0.497 e. The van der Waals surface area contributed by atoms with Crippen molar-refractivity contribution < 1.29 is 36.5 Å². The molecular weight excluding hydrogens is 392 g/mol. The van der Waals surface area contributed by atoms with E-state index >= 15 is 0 Å². The van der Waals surface area contributed by atoms with Crippen LogP contribution in [0.15, 0.2) is 48.3 Å². The quantitative estimate of drug-likeness (QED) is 0.222. The van der Waals surface area contributed by atoms with E-state index in [1.807, 2.05) is 0 Å². The van der Waals surface area contributed by atoms with Crippen LogP contribution < -0.4 is 14.2 Å². The first-order valence-electron chi connectivity index (χ1n) is 8.63. The number of hydrogen-bond acceptors (Lipinski definition) is 4. The average Bonchev–Trinajstić information content (AvgIpc) is 2.74. The number of hydrogen-bond donors (Lipinski definition) is 0. The van der Waals surface area contributed by atoms with E-state index in [1.54, 1.807) is 19.1 Å². The molecule has 0 aliphatic carbocycles. The van der Waals surface area contributed by atoms with Crippen molar-refractivity contribution in [2.45, 2.75) is 13.3 Å². The third-order valence-corrected chi connectivity index (χ3v) is 3.71. The maximum absolute atomic E-state index is 14.4. The molecule has 0 aromatic heterocycles. The van der Waals surface area contributed by atoms with Gasteiger partial charge in [-0.3, -0.25) is 0 Å². The van der Waals surface area contributed by atoms with E-state index in [2.05, 4.69) is 0 Å². The number of rotatable bonds is 9. The van der Waals surface area contributed by atoms with Crippen molar-refractivity contribution in [1.82, 2.24) is 0 Å². The molecule has 2 rings (SSSR count). The molecule has 0 fully saturated rings. The summed E-state index contributed by atoms with van der Waals surface area (Å²) in [5.41, 5.74) is 0.